The molecule has 9 heteroatoms. The van der Waals surface area contributed by atoms with Gasteiger partial charge in [-0.3, -0.25) is 4.79 Å². The molecule has 1 aliphatic heterocycles. The van der Waals surface area contributed by atoms with Gasteiger partial charge in [0.1, 0.15) is 0 Å². The number of benzene rings is 1. The molecule has 1 aliphatic rings. The number of hydrogen-bond acceptors (Lipinski definition) is 7. The first-order chi connectivity index (χ1) is 15.5. The van der Waals surface area contributed by atoms with Gasteiger partial charge in [0.2, 0.25) is 5.91 Å². The van der Waals surface area contributed by atoms with Crippen molar-refractivity contribution in [2.24, 2.45) is 5.92 Å². The average molecular weight is 448 g/mol. The lowest BCUT2D eigenvalue weighted by molar-refractivity contribution is -0.120. The highest BCUT2D eigenvalue weighted by molar-refractivity contribution is 7.18. The van der Waals surface area contributed by atoms with E-state index < -0.39 is 0 Å². The number of carbonyl (C=O) groups is 1. The molecule has 5 rings (SSSR count). The van der Waals surface area contributed by atoms with Crippen LogP contribution in [0.25, 0.3) is 16.0 Å². The minimum Gasteiger partial charge on any atom is -0.355 e. The Morgan fingerprint density at radius 2 is 1.78 bits per heavy atom. The van der Waals surface area contributed by atoms with Gasteiger partial charge in [0, 0.05) is 30.4 Å². The number of aryl methyl sites for hydroxylation is 3. The number of aromatic nitrogens is 5. The zero-order valence-corrected chi connectivity index (χ0v) is 19.2. The first-order valence-electron chi connectivity index (χ1n) is 10.8. The number of nitrogens with zero attached hydrogens (tertiary/aromatic N) is 6. The second-order valence-electron chi connectivity index (χ2n) is 8.25. The first kappa shape index (κ1) is 20.6. The third-order valence-electron chi connectivity index (χ3n) is 5.81. The number of piperidine rings is 1. The van der Waals surface area contributed by atoms with Gasteiger partial charge in [0.25, 0.3) is 0 Å². The van der Waals surface area contributed by atoms with Crippen molar-refractivity contribution < 1.29 is 4.79 Å². The summed E-state index contributed by atoms with van der Waals surface area (Å²) in [6.07, 6.45) is 1.57. The molecule has 4 aromatic rings. The van der Waals surface area contributed by atoms with Gasteiger partial charge < -0.3 is 10.2 Å². The van der Waals surface area contributed by atoms with Crippen LogP contribution in [-0.4, -0.2) is 44.0 Å². The van der Waals surface area contributed by atoms with Crippen molar-refractivity contribution >= 4 is 39.0 Å². The van der Waals surface area contributed by atoms with E-state index in [1.54, 1.807) is 16.0 Å². The van der Waals surface area contributed by atoms with Crippen LogP contribution >= 0.6 is 11.3 Å². The van der Waals surface area contributed by atoms with Gasteiger partial charge in [0.05, 0.1) is 20.9 Å². The molecule has 32 heavy (non-hydrogen) atoms. The Labute approximate surface area is 190 Å². The molecule has 0 saturated carbocycles. The Morgan fingerprint density at radius 3 is 2.47 bits per heavy atom. The Kier molecular flexibility index (Phi) is 5.34. The van der Waals surface area contributed by atoms with E-state index in [1.165, 1.54) is 0 Å². The molecule has 1 fully saturated rings. The normalized spacial score (nSPS) is 14.8. The summed E-state index contributed by atoms with van der Waals surface area (Å²) in [6, 6.07) is 11.9. The standard InChI is InChI=1S/C23H25N7OS/c1-14-12-15(2)30(28-14)22-7-6-21(26-27-22)29-10-8-17(9-11-29)23(31)25-18-4-5-20-19(13-18)24-16(3)32-20/h4-7,12-13,17H,8-11H2,1-3H3,(H,25,31). The van der Waals surface area contributed by atoms with Crippen LogP contribution in [0.1, 0.15) is 29.2 Å². The van der Waals surface area contributed by atoms with Crippen molar-refractivity contribution in [3.05, 3.63) is 52.8 Å². The lowest BCUT2D eigenvalue weighted by Crippen LogP contribution is -2.38. The highest BCUT2D eigenvalue weighted by Crippen LogP contribution is 2.26. The number of nitrogens with one attached hydrogen (secondary N) is 1. The molecule has 164 valence electrons. The van der Waals surface area contributed by atoms with E-state index in [4.69, 9.17) is 0 Å². The molecule has 3 aromatic heterocycles. The summed E-state index contributed by atoms with van der Waals surface area (Å²) in [4.78, 5) is 19.5. The number of amides is 1. The van der Waals surface area contributed by atoms with Crippen LogP contribution in [0.15, 0.2) is 36.4 Å². The van der Waals surface area contributed by atoms with Gasteiger partial charge in [-0.1, -0.05) is 0 Å². The Balaban J connectivity index is 1.19. The van der Waals surface area contributed by atoms with Gasteiger partial charge >= 0.3 is 0 Å². The number of carbonyl (C=O) groups excluding carboxylic acids is 1. The van der Waals surface area contributed by atoms with Gasteiger partial charge in [-0.2, -0.15) is 5.10 Å². The van der Waals surface area contributed by atoms with Crippen LogP contribution in [-0.2, 0) is 4.79 Å². The van der Waals surface area contributed by atoms with Gasteiger partial charge in [-0.15, -0.1) is 21.5 Å². The maximum Gasteiger partial charge on any atom is 0.227 e. The summed E-state index contributed by atoms with van der Waals surface area (Å²) >= 11 is 1.66. The zero-order chi connectivity index (χ0) is 22.2. The fraction of sp³-hybridized carbons (Fsp3) is 0.348. The maximum absolute atomic E-state index is 12.8. The minimum atomic E-state index is -0.0129. The number of fused-ring (bicyclic) bond motifs is 1. The van der Waals surface area contributed by atoms with Crippen LogP contribution in [0.5, 0.6) is 0 Å². The molecule has 0 spiro atoms. The fourth-order valence-electron chi connectivity index (χ4n) is 4.20. The maximum atomic E-state index is 12.8. The van der Waals surface area contributed by atoms with E-state index in [0.717, 1.165) is 64.0 Å². The van der Waals surface area contributed by atoms with Gasteiger partial charge in [-0.25, -0.2) is 9.67 Å². The Morgan fingerprint density at radius 1 is 1.03 bits per heavy atom. The zero-order valence-electron chi connectivity index (χ0n) is 18.4. The van der Waals surface area contributed by atoms with E-state index in [1.807, 2.05) is 57.2 Å². The molecule has 0 unspecified atom stereocenters. The van der Waals surface area contributed by atoms with Crippen molar-refractivity contribution in [2.75, 3.05) is 23.3 Å². The van der Waals surface area contributed by atoms with Crippen molar-refractivity contribution in [2.45, 2.75) is 33.6 Å². The van der Waals surface area contributed by atoms with Crippen molar-refractivity contribution in [3.8, 4) is 5.82 Å². The van der Waals surface area contributed by atoms with Crippen LogP contribution in [0, 0.1) is 26.7 Å². The average Bonchev–Trinajstić information content (AvgIpc) is 3.33. The van der Waals surface area contributed by atoms with Crippen LogP contribution < -0.4 is 10.2 Å². The molecule has 1 saturated heterocycles. The molecule has 1 aromatic carbocycles. The second kappa shape index (κ2) is 8.31. The largest absolute Gasteiger partial charge is 0.355 e. The van der Waals surface area contributed by atoms with E-state index in [2.05, 4.69) is 30.5 Å². The van der Waals surface area contributed by atoms with Crippen LogP contribution in [0.3, 0.4) is 0 Å². The lowest BCUT2D eigenvalue weighted by atomic mass is 9.96. The third-order valence-corrected chi connectivity index (χ3v) is 6.77. The predicted molar refractivity (Wildman–Crippen MR) is 127 cm³/mol. The van der Waals surface area contributed by atoms with E-state index in [9.17, 15) is 4.79 Å². The van der Waals surface area contributed by atoms with Crippen molar-refractivity contribution in [1.82, 2.24) is 25.0 Å². The van der Waals surface area contributed by atoms with E-state index in [0.29, 0.717) is 5.82 Å². The Hall–Kier alpha value is -3.33. The molecule has 0 radical (unpaired) electrons. The van der Waals surface area contributed by atoms with Gasteiger partial charge in [0.15, 0.2) is 11.6 Å². The summed E-state index contributed by atoms with van der Waals surface area (Å²) in [6.45, 7) is 7.51. The van der Waals surface area contributed by atoms with Gasteiger partial charge in [-0.05, 0) is 70.0 Å². The number of anilines is 2. The van der Waals surface area contributed by atoms with Crippen LogP contribution in [0.4, 0.5) is 11.5 Å². The van der Waals surface area contributed by atoms with Crippen molar-refractivity contribution in [3.63, 3.8) is 0 Å². The monoisotopic (exact) mass is 447 g/mol. The molecular weight excluding hydrogens is 422 g/mol. The van der Waals surface area contributed by atoms with Crippen molar-refractivity contribution in [1.29, 1.82) is 0 Å². The fourth-order valence-corrected chi connectivity index (χ4v) is 5.00. The lowest BCUT2D eigenvalue weighted by Gasteiger charge is -2.31. The third kappa shape index (κ3) is 4.08. The highest BCUT2D eigenvalue weighted by atomic mass is 32.1. The molecule has 0 aliphatic carbocycles. The quantitative estimate of drug-likeness (QED) is 0.508. The smallest absolute Gasteiger partial charge is 0.227 e. The number of hydrogen-bond donors (Lipinski definition) is 1. The highest BCUT2D eigenvalue weighted by Gasteiger charge is 2.26. The molecule has 8 nitrogen and oxygen atoms in total. The SMILES string of the molecule is Cc1cc(C)n(-c2ccc(N3CCC(C(=O)Nc4ccc5sc(C)nc5c4)CC3)nn2)n1. The Bertz CT molecular complexity index is 1270. The number of thiazole rings is 1. The molecule has 1 amide bonds. The van der Waals surface area contributed by atoms with Crippen LogP contribution in [0.2, 0.25) is 0 Å². The molecule has 0 atom stereocenters. The molecule has 0 bridgehead atoms. The molecular formula is C23H25N7OS. The first-order valence-corrected chi connectivity index (χ1v) is 11.6. The second-order valence-corrected chi connectivity index (χ2v) is 9.49. The number of rotatable bonds is 4. The predicted octanol–water partition coefficient (Wildman–Crippen LogP) is 4.05. The molecule has 4 heterocycles. The summed E-state index contributed by atoms with van der Waals surface area (Å²) in [5, 5.41) is 17.3. The van der Waals surface area contributed by atoms with E-state index >= 15 is 0 Å². The van der Waals surface area contributed by atoms with E-state index in [-0.39, 0.29) is 11.8 Å². The summed E-state index contributed by atoms with van der Waals surface area (Å²) in [5.41, 5.74) is 3.72. The molecule has 1 N–H and O–H groups in total. The summed E-state index contributed by atoms with van der Waals surface area (Å²) in [5.74, 6) is 1.60. The topological polar surface area (TPSA) is 88.8 Å². The summed E-state index contributed by atoms with van der Waals surface area (Å²) < 4.78 is 2.94. The summed E-state index contributed by atoms with van der Waals surface area (Å²) in [7, 11) is 0. The minimum absolute atomic E-state index is 0.0129.